The fraction of sp³-hybridized carbons (Fsp3) is 0.0714. The van der Waals surface area contributed by atoms with Gasteiger partial charge in [0.2, 0.25) is 0 Å². The third-order valence-electron chi connectivity index (χ3n) is 5.41. The molecule has 1 heterocycles. The van der Waals surface area contributed by atoms with E-state index in [-0.39, 0.29) is 5.91 Å². The molecule has 6 heteroatoms. The Labute approximate surface area is 202 Å². The van der Waals surface area contributed by atoms with Gasteiger partial charge < -0.3 is 14.8 Å². The number of hydrogen-bond donors (Lipinski definition) is 1. The topological polar surface area (TPSA) is 59.9 Å². The molecule has 0 aromatic heterocycles. The van der Waals surface area contributed by atoms with Crippen molar-refractivity contribution in [2.45, 2.75) is 6.61 Å². The van der Waals surface area contributed by atoms with Gasteiger partial charge in [0.1, 0.15) is 6.61 Å². The molecule has 0 unspecified atom stereocenters. The van der Waals surface area contributed by atoms with Crippen molar-refractivity contribution in [3.8, 4) is 11.5 Å². The first-order valence-electron chi connectivity index (χ1n) is 10.8. The normalized spacial score (nSPS) is 15.6. The number of ether oxygens (including phenoxy) is 2. The number of fused-ring (bicyclic) bond motifs is 1. The van der Waals surface area contributed by atoms with E-state index in [0.717, 1.165) is 27.6 Å². The summed E-state index contributed by atoms with van der Waals surface area (Å²) < 4.78 is 11.8. The van der Waals surface area contributed by atoms with E-state index in [4.69, 9.17) is 9.47 Å². The Morgan fingerprint density at radius 2 is 1.68 bits per heavy atom. The molecule has 1 N–H and O–H groups in total. The summed E-state index contributed by atoms with van der Waals surface area (Å²) in [6.07, 6.45) is 1.81. The number of methoxy groups -OCH3 is 1. The van der Waals surface area contributed by atoms with Crippen LogP contribution in [0.15, 0.2) is 101 Å². The molecule has 168 valence electrons. The predicted octanol–water partition coefficient (Wildman–Crippen LogP) is 6.32. The summed E-state index contributed by atoms with van der Waals surface area (Å²) in [5.41, 5.74) is 2.62. The summed E-state index contributed by atoms with van der Waals surface area (Å²) in [5.74, 6) is 1.01. The lowest BCUT2D eigenvalue weighted by atomic mass is 10.1. The molecule has 4 aromatic carbocycles. The average Bonchev–Trinajstić information content (AvgIpc) is 3.21. The first-order chi connectivity index (χ1) is 16.7. The Kier molecular flexibility index (Phi) is 6.31. The van der Waals surface area contributed by atoms with Crippen LogP contribution < -0.4 is 14.8 Å². The zero-order valence-corrected chi connectivity index (χ0v) is 19.3. The fourth-order valence-corrected chi connectivity index (χ4v) is 4.60. The van der Waals surface area contributed by atoms with Gasteiger partial charge in [0.15, 0.2) is 16.7 Å². The first-order valence-corrected chi connectivity index (χ1v) is 11.6. The van der Waals surface area contributed by atoms with Gasteiger partial charge >= 0.3 is 0 Å². The molecule has 5 rings (SSSR count). The van der Waals surface area contributed by atoms with Crippen molar-refractivity contribution in [3.63, 3.8) is 0 Å². The number of nitrogens with one attached hydrogen (secondary N) is 1. The summed E-state index contributed by atoms with van der Waals surface area (Å²) in [6.45, 7) is 0.373. The second-order valence-electron chi connectivity index (χ2n) is 7.62. The zero-order chi connectivity index (χ0) is 23.3. The van der Waals surface area contributed by atoms with Crippen LogP contribution in [0.3, 0.4) is 0 Å². The van der Waals surface area contributed by atoms with Crippen molar-refractivity contribution in [1.29, 1.82) is 0 Å². The number of hydrogen-bond acceptors (Lipinski definition) is 5. The first kappa shape index (κ1) is 21.8. The number of carbonyl (C=O) groups is 1. The van der Waals surface area contributed by atoms with E-state index in [9.17, 15) is 4.79 Å². The molecule has 5 nitrogen and oxygen atoms in total. The van der Waals surface area contributed by atoms with E-state index in [1.54, 1.807) is 7.11 Å². The Morgan fingerprint density at radius 3 is 2.53 bits per heavy atom. The van der Waals surface area contributed by atoms with Crippen LogP contribution in [0.1, 0.15) is 11.1 Å². The Morgan fingerprint density at radius 1 is 0.912 bits per heavy atom. The van der Waals surface area contributed by atoms with Gasteiger partial charge in [-0.2, -0.15) is 0 Å². The molecule has 1 fully saturated rings. The maximum atomic E-state index is 12.6. The highest BCUT2D eigenvalue weighted by Gasteiger charge is 2.24. The second-order valence-corrected chi connectivity index (χ2v) is 8.65. The number of rotatable bonds is 6. The number of amidine groups is 1. The molecule has 0 bridgehead atoms. The standard InChI is InChI=1S/C28H22N2O3S/c1-32-24-16-8-11-20(17-25-27(31)30-28(34-25)29-22-13-3-2-4-14-22)26(24)33-18-21-12-7-10-19-9-5-6-15-23(19)21/h2-17H,18H2,1H3,(H,29,30,31)/b25-17-. The maximum absolute atomic E-state index is 12.6. The number of thioether (sulfide) groups is 1. The Hall–Kier alpha value is -4.03. The van der Waals surface area contributed by atoms with Crippen LogP contribution in [0.5, 0.6) is 11.5 Å². The van der Waals surface area contributed by atoms with Crippen LogP contribution in [-0.2, 0) is 11.4 Å². The number of nitrogens with zero attached hydrogens (tertiary/aromatic N) is 1. The second kappa shape index (κ2) is 9.85. The van der Waals surface area contributed by atoms with Crippen molar-refractivity contribution >= 4 is 45.4 Å². The number of carbonyl (C=O) groups excluding carboxylic acids is 1. The lowest BCUT2D eigenvalue weighted by Crippen LogP contribution is -2.19. The third-order valence-corrected chi connectivity index (χ3v) is 6.32. The Bertz CT molecular complexity index is 1410. The molecule has 34 heavy (non-hydrogen) atoms. The van der Waals surface area contributed by atoms with Gasteiger partial charge in [0, 0.05) is 5.56 Å². The van der Waals surface area contributed by atoms with E-state index < -0.39 is 0 Å². The van der Waals surface area contributed by atoms with Crippen LogP contribution in [0, 0.1) is 0 Å². The van der Waals surface area contributed by atoms with Gasteiger partial charge in [-0.15, -0.1) is 0 Å². The molecule has 1 amide bonds. The molecule has 0 saturated carbocycles. The van der Waals surface area contributed by atoms with Crippen molar-refractivity contribution < 1.29 is 14.3 Å². The quantitative estimate of drug-likeness (QED) is 0.338. The number of amides is 1. The molecule has 0 aliphatic carbocycles. The van der Waals surface area contributed by atoms with E-state index in [1.807, 2.05) is 72.8 Å². The molecule has 1 saturated heterocycles. The minimum absolute atomic E-state index is 0.192. The average molecular weight is 467 g/mol. The summed E-state index contributed by atoms with van der Waals surface area (Å²) >= 11 is 1.30. The maximum Gasteiger partial charge on any atom is 0.264 e. The van der Waals surface area contributed by atoms with Crippen molar-refractivity contribution in [2.75, 3.05) is 7.11 Å². The van der Waals surface area contributed by atoms with Gasteiger partial charge in [0.25, 0.3) is 5.91 Å². The van der Waals surface area contributed by atoms with Crippen LogP contribution in [-0.4, -0.2) is 18.2 Å². The lowest BCUT2D eigenvalue weighted by molar-refractivity contribution is -0.115. The van der Waals surface area contributed by atoms with Gasteiger partial charge in [-0.3, -0.25) is 4.79 Å². The molecular weight excluding hydrogens is 444 g/mol. The Balaban J connectivity index is 1.43. The summed E-state index contributed by atoms with van der Waals surface area (Å²) in [4.78, 5) is 17.7. The van der Waals surface area contributed by atoms with Crippen molar-refractivity contribution in [2.24, 2.45) is 4.99 Å². The summed E-state index contributed by atoms with van der Waals surface area (Å²) in [5, 5.41) is 5.69. The van der Waals surface area contributed by atoms with Gasteiger partial charge in [-0.05, 0) is 52.4 Å². The highest BCUT2D eigenvalue weighted by atomic mass is 32.2. The van der Waals surface area contributed by atoms with Crippen LogP contribution in [0.2, 0.25) is 0 Å². The number of para-hydroxylation sites is 2. The molecule has 1 aliphatic rings. The van der Waals surface area contributed by atoms with E-state index in [2.05, 4.69) is 34.6 Å². The highest BCUT2D eigenvalue weighted by Crippen LogP contribution is 2.36. The monoisotopic (exact) mass is 466 g/mol. The van der Waals surface area contributed by atoms with Crippen LogP contribution >= 0.6 is 11.8 Å². The summed E-state index contributed by atoms with van der Waals surface area (Å²) in [6, 6.07) is 29.6. The van der Waals surface area contributed by atoms with E-state index in [0.29, 0.717) is 28.2 Å². The van der Waals surface area contributed by atoms with Crippen molar-refractivity contribution in [1.82, 2.24) is 5.32 Å². The molecule has 0 radical (unpaired) electrons. The van der Waals surface area contributed by atoms with E-state index in [1.165, 1.54) is 11.8 Å². The minimum Gasteiger partial charge on any atom is -0.493 e. The van der Waals surface area contributed by atoms with Gasteiger partial charge in [-0.1, -0.05) is 72.8 Å². The highest BCUT2D eigenvalue weighted by molar-refractivity contribution is 8.18. The van der Waals surface area contributed by atoms with E-state index >= 15 is 0 Å². The van der Waals surface area contributed by atoms with Crippen LogP contribution in [0.4, 0.5) is 5.69 Å². The molecule has 1 aliphatic heterocycles. The third kappa shape index (κ3) is 4.67. The van der Waals surface area contributed by atoms with Crippen LogP contribution in [0.25, 0.3) is 16.8 Å². The predicted molar refractivity (Wildman–Crippen MR) is 139 cm³/mol. The fourth-order valence-electron chi connectivity index (χ4n) is 3.77. The number of aliphatic imine (C=N–C) groups is 1. The zero-order valence-electron chi connectivity index (χ0n) is 18.5. The molecule has 4 aromatic rings. The molecule has 0 atom stereocenters. The number of benzene rings is 4. The largest absolute Gasteiger partial charge is 0.493 e. The molecular formula is C28H22N2O3S. The van der Waals surface area contributed by atoms with Crippen molar-refractivity contribution in [3.05, 3.63) is 107 Å². The SMILES string of the molecule is COc1cccc(/C=C2\SC(=Nc3ccccc3)NC2=O)c1OCc1cccc2ccccc12. The summed E-state index contributed by atoms with van der Waals surface area (Å²) in [7, 11) is 1.61. The smallest absolute Gasteiger partial charge is 0.264 e. The molecule has 0 spiro atoms. The minimum atomic E-state index is -0.192. The van der Waals surface area contributed by atoms with Gasteiger partial charge in [0.05, 0.1) is 17.7 Å². The van der Waals surface area contributed by atoms with Gasteiger partial charge in [-0.25, -0.2) is 4.99 Å². The lowest BCUT2D eigenvalue weighted by Gasteiger charge is -2.15.